The van der Waals surface area contributed by atoms with Gasteiger partial charge in [0, 0.05) is 26.2 Å². The summed E-state index contributed by atoms with van der Waals surface area (Å²) in [5.41, 5.74) is 4.45. The number of carbonyl (C=O) groups excluding carboxylic acids is 4. The van der Waals surface area contributed by atoms with E-state index in [0.29, 0.717) is 25.2 Å². The molecule has 1 N–H and O–H groups in total. The average Bonchev–Trinajstić information content (AvgIpc) is 3.46. The minimum absolute atomic E-state index is 0.114. The van der Waals surface area contributed by atoms with Gasteiger partial charge in [-0.2, -0.15) is 0 Å². The molecule has 10 heteroatoms. The average molecular weight is 794 g/mol. The van der Waals surface area contributed by atoms with Gasteiger partial charge >= 0.3 is 18.0 Å². The number of benzene rings is 2. The molecule has 1 amide bonds. The van der Waals surface area contributed by atoms with Gasteiger partial charge in [0.15, 0.2) is 5.12 Å². The van der Waals surface area contributed by atoms with Crippen LogP contribution in [0.5, 0.6) is 0 Å². The summed E-state index contributed by atoms with van der Waals surface area (Å²) >= 11 is 1.32. The van der Waals surface area contributed by atoms with Crippen LogP contribution in [0.15, 0.2) is 60.7 Å². The number of hydrogen-bond acceptors (Lipinski definition) is 8. The molecule has 0 heterocycles. The molecule has 0 aliphatic heterocycles. The first-order valence-electron chi connectivity index (χ1n) is 20.7. The number of hydrogen-bond donors (Lipinski definition) is 1. The summed E-state index contributed by atoms with van der Waals surface area (Å²) in [5, 5.41) is 2.91. The van der Waals surface area contributed by atoms with Gasteiger partial charge in [0.05, 0.1) is 13.0 Å². The molecule has 2 aromatic rings. The molecule has 1 aliphatic carbocycles. The number of carbonyl (C=O) groups is 4. The van der Waals surface area contributed by atoms with E-state index in [2.05, 4.69) is 56.1 Å². The first-order chi connectivity index (χ1) is 26.4. The van der Waals surface area contributed by atoms with Crippen molar-refractivity contribution in [1.82, 2.24) is 5.32 Å². The fraction of sp³-hybridized carbons (Fsp3) is 0.600. The lowest BCUT2D eigenvalue weighted by Gasteiger charge is -2.24. The third-order valence-electron chi connectivity index (χ3n) is 9.92. The largest absolute Gasteiger partial charge is 0.466 e. The molecule has 0 unspecified atom stereocenters. The van der Waals surface area contributed by atoms with Crippen molar-refractivity contribution in [1.29, 1.82) is 0 Å². The summed E-state index contributed by atoms with van der Waals surface area (Å²) < 4.78 is 17.1. The summed E-state index contributed by atoms with van der Waals surface area (Å²) in [6, 6.07) is 16.1. The van der Waals surface area contributed by atoms with E-state index in [1.807, 2.05) is 44.2 Å². The Hall–Kier alpha value is -3.37. The molecule has 0 bridgehead atoms. The second kappa shape index (κ2) is 25.0. The summed E-state index contributed by atoms with van der Waals surface area (Å²) in [6.45, 7) is 13.0. The van der Waals surface area contributed by atoms with Crippen molar-refractivity contribution >= 4 is 43.0 Å². The van der Waals surface area contributed by atoms with Crippen LogP contribution in [-0.2, 0) is 28.6 Å². The van der Waals surface area contributed by atoms with Crippen molar-refractivity contribution in [2.75, 3.05) is 19.0 Å². The number of rotatable bonds is 26. The van der Waals surface area contributed by atoms with Gasteiger partial charge in [-0.05, 0) is 53.1 Å². The van der Waals surface area contributed by atoms with Crippen LogP contribution in [0, 0.1) is 5.92 Å². The minimum Gasteiger partial charge on any atom is -0.466 e. The second-order valence-corrected chi connectivity index (χ2v) is 23.0. The zero-order valence-corrected chi connectivity index (χ0v) is 36.2. The van der Waals surface area contributed by atoms with Crippen LogP contribution in [0.4, 0.5) is 4.79 Å². The minimum atomic E-state index is -1.40. The van der Waals surface area contributed by atoms with E-state index in [9.17, 15) is 19.2 Å². The predicted molar refractivity (Wildman–Crippen MR) is 228 cm³/mol. The van der Waals surface area contributed by atoms with Crippen LogP contribution >= 0.6 is 11.8 Å². The molecule has 55 heavy (non-hydrogen) atoms. The molecule has 0 fully saturated rings. The van der Waals surface area contributed by atoms with E-state index in [0.717, 1.165) is 41.1 Å². The van der Waals surface area contributed by atoms with Crippen LogP contribution in [0.3, 0.4) is 0 Å². The fourth-order valence-electron chi connectivity index (χ4n) is 6.65. The van der Waals surface area contributed by atoms with Gasteiger partial charge in [0.2, 0.25) is 0 Å². The third kappa shape index (κ3) is 17.5. The van der Waals surface area contributed by atoms with Crippen molar-refractivity contribution in [3.63, 3.8) is 0 Å². The lowest BCUT2D eigenvalue weighted by molar-refractivity contribution is -0.155. The van der Waals surface area contributed by atoms with Crippen LogP contribution in [-0.4, -0.2) is 62.3 Å². The lowest BCUT2D eigenvalue weighted by atomic mass is 9.98. The van der Waals surface area contributed by atoms with Gasteiger partial charge in [0.25, 0.3) is 0 Å². The molecule has 304 valence electrons. The summed E-state index contributed by atoms with van der Waals surface area (Å²) in [5.74, 6) is -0.926. The maximum absolute atomic E-state index is 13.5. The van der Waals surface area contributed by atoms with Gasteiger partial charge in [-0.1, -0.05) is 165 Å². The molecule has 3 rings (SSSR count). The van der Waals surface area contributed by atoms with Crippen molar-refractivity contribution in [3.05, 3.63) is 71.8 Å². The quantitative estimate of drug-likeness (QED) is 0.0330. The number of unbranched alkanes of at least 4 members (excludes halogenated alkanes) is 9. The molecular formula is C45H67NO7SSi. The Balaban J connectivity index is 1.49. The highest BCUT2D eigenvalue weighted by Gasteiger charge is 2.32. The molecule has 2 aromatic carbocycles. The maximum atomic E-state index is 13.5. The van der Waals surface area contributed by atoms with E-state index in [1.54, 1.807) is 6.08 Å². The zero-order valence-electron chi connectivity index (χ0n) is 34.4. The molecule has 0 spiro atoms. The number of amides is 1. The molecule has 0 saturated carbocycles. The van der Waals surface area contributed by atoms with Crippen molar-refractivity contribution in [3.8, 4) is 11.1 Å². The Morgan fingerprint density at radius 2 is 1.40 bits per heavy atom. The second-order valence-electron chi connectivity index (χ2n) is 16.3. The summed E-state index contributed by atoms with van der Waals surface area (Å²) in [6.07, 6.45) is 15.3. The predicted octanol–water partition coefficient (Wildman–Crippen LogP) is 11.3. The van der Waals surface area contributed by atoms with Gasteiger partial charge in [-0.15, -0.1) is 0 Å². The first kappa shape index (κ1) is 46.0. The highest BCUT2D eigenvalue weighted by atomic mass is 32.2. The Morgan fingerprint density at radius 3 is 1.98 bits per heavy atom. The molecule has 0 saturated heterocycles. The number of esters is 2. The van der Waals surface area contributed by atoms with E-state index in [4.69, 9.17) is 14.2 Å². The molecule has 2 atom stereocenters. The monoisotopic (exact) mass is 793 g/mol. The number of ether oxygens (including phenoxy) is 3. The number of fused-ring (bicyclic) bond motifs is 3. The van der Waals surface area contributed by atoms with Crippen LogP contribution in [0.1, 0.15) is 121 Å². The first-order valence-corrected chi connectivity index (χ1v) is 25.4. The van der Waals surface area contributed by atoms with E-state index in [-0.39, 0.29) is 30.0 Å². The Labute approximate surface area is 336 Å². The van der Waals surface area contributed by atoms with Crippen molar-refractivity contribution in [2.24, 2.45) is 5.92 Å². The van der Waals surface area contributed by atoms with Crippen molar-refractivity contribution < 1.29 is 33.4 Å². The fourth-order valence-corrected chi connectivity index (χ4v) is 8.13. The molecule has 1 aliphatic rings. The summed E-state index contributed by atoms with van der Waals surface area (Å²) in [7, 11) is -1.40. The number of allylic oxidation sites excluding steroid dienone is 1. The van der Waals surface area contributed by atoms with Gasteiger partial charge < -0.3 is 19.5 Å². The highest BCUT2D eigenvalue weighted by Crippen LogP contribution is 2.44. The highest BCUT2D eigenvalue weighted by molar-refractivity contribution is 8.13. The Kier molecular flexibility index (Phi) is 20.9. The van der Waals surface area contributed by atoms with Gasteiger partial charge in [-0.25, -0.2) is 9.59 Å². The standard InChI is InChI=1S/C45H67NO7SSi/c1-7-8-9-10-11-12-13-14-15-16-28-42(48)54-30-22-21-23-35(32-41(47)51-29-31-55(4,5)6)53-44(49)43(34(2)3)46-45(50)52-33-40-38-26-19-17-24-36(38)37-25-18-20-27-39(37)40/h17-21,23-27,34-35,40,43H,7-16,22,28-33H2,1-6H3,(H,46,50)/b23-21+/t35-,43+/m1/s1. The van der Waals surface area contributed by atoms with Gasteiger partial charge in [0.1, 0.15) is 18.8 Å². The third-order valence-corrected chi connectivity index (χ3v) is 12.6. The molecular weight excluding hydrogens is 727 g/mol. The molecule has 0 radical (unpaired) electrons. The normalized spacial score (nSPS) is 13.7. The van der Waals surface area contributed by atoms with Crippen LogP contribution in [0.2, 0.25) is 25.7 Å². The number of thioether (sulfide) groups is 1. The van der Waals surface area contributed by atoms with E-state index >= 15 is 0 Å². The van der Waals surface area contributed by atoms with Crippen molar-refractivity contribution in [2.45, 2.75) is 148 Å². The molecule has 0 aromatic heterocycles. The van der Waals surface area contributed by atoms with Crippen LogP contribution in [0.25, 0.3) is 11.1 Å². The SMILES string of the molecule is CCCCCCCCCCCCC(=O)SCC/C=C/[C@H](CC(=O)OCC[Si](C)(C)C)OC(=O)[C@@H](NC(=O)OCC1c2ccccc2-c2ccccc21)C(C)C. The molecule has 8 nitrogen and oxygen atoms in total. The topological polar surface area (TPSA) is 108 Å². The van der Waals surface area contributed by atoms with Crippen LogP contribution < -0.4 is 5.32 Å². The van der Waals surface area contributed by atoms with Gasteiger partial charge in [-0.3, -0.25) is 9.59 Å². The number of nitrogens with one attached hydrogen (secondary N) is 1. The van der Waals surface area contributed by atoms with E-state index in [1.165, 1.54) is 63.1 Å². The number of alkyl carbamates (subject to hydrolysis) is 1. The Bertz CT molecular complexity index is 1480. The van der Waals surface area contributed by atoms with E-state index < -0.39 is 38.3 Å². The smallest absolute Gasteiger partial charge is 0.407 e. The maximum Gasteiger partial charge on any atom is 0.407 e. The lowest BCUT2D eigenvalue weighted by Crippen LogP contribution is -2.46. The zero-order chi connectivity index (χ0) is 40.1. The summed E-state index contributed by atoms with van der Waals surface area (Å²) in [4.78, 5) is 51.9. The Morgan fingerprint density at radius 1 is 0.818 bits per heavy atom.